The van der Waals surface area contributed by atoms with Gasteiger partial charge in [-0.15, -0.1) is 0 Å². The number of aromatic carboxylic acids is 1. The molecule has 0 bridgehead atoms. The van der Waals surface area contributed by atoms with Crippen molar-refractivity contribution in [1.29, 1.82) is 0 Å². The zero-order chi connectivity index (χ0) is 13.1. The highest BCUT2D eigenvalue weighted by molar-refractivity contribution is 5.89. The first-order valence-electron chi connectivity index (χ1n) is 5.64. The quantitative estimate of drug-likeness (QED) is 0.800. The number of ether oxygens (including phenoxy) is 2. The highest BCUT2D eigenvalue weighted by atomic mass is 19.1. The van der Waals surface area contributed by atoms with Crippen LogP contribution in [-0.4, -0.2) is 30.4 Å². The molecule has 1 aromatic carbocycles. The Labute approximate surface area is 103 Å². The standard InChI is InChI=1S/C12H14FNO4/c13-9-5-11(10(14)4-8(9)12(15)16)18-6-7-2-1-3-17-7/h4-5,7H,1-3,6,14H2,(H,15,16). The summed E-state index contributed by atoms with van der Waals surface area (Å²) in [4.78, 5) is 10.7. The van der Waals surface area contributed by atoms with Crippen molar-refractivity contribution in [2.24, 2.45) is 0 Å². The fourth-order valence-corrected chi connectivity index (χ4v) is 1.82. The van der Waals surface area contributed by atoms with Gasteiger partial charge in [-0.3, -0.25) is 0 Å². The van der Waals surface area contributed by atoms with Crippen molar-refractivity contribution in [3.05, 3.63) is 23.5 Å². The predicted octanol–water partition coefficient (Wildman–Crippen LogP) is 1.66. The van der Waals surface area contributed by atoms with Crippen LogP contribution in [0.3, 0.4) is 0 Å². The van der Waals surface area contributed by atoms with Gasteiger partial charge >= 0.3 is 5.97 Å². The molecule has 1 heterocycles. The minimum Gasteiger partial charge on any atom is -0.489 e. The molecule has 18 heavy (non-hydrogen) atoms. The fourth-order valence-electron chi connectivity index (χ4n) is 1.82. The van der Waals surface area contributed by atoms with E-state index in [2.05, 4.69) is 0 Å². The molecule has 1 aliphatic rings. The van der Waals surface area contributed by atoms with Gasteiger partial charge < -0.3 is 20.3 Å². The molecule has 6 heteroatoms. The van der Waals surface area contributed by atoms with Crippen LogP contribution < -0.4 is 10.5 Å². The lowest BCUT2D eigenvalue weighted by atomic mass is 10.1. The first-order chi connectivity index (χ1) is 8.58. The zero-order valence-corrected chi connectivity index (χ0v) is 9.69. The monoisotopic (exact) mass is 255 g/mol. The Morgan fingerprint density at radius 2 is 2.39 bits per heavy atom. The third kappa shape index (κ3) is 2.70. The lowest BCUT2D eigenvalue weighted by molar-refractivity contribution is 0.0673. The fraction of sp³-hybridized carbons (Fsp3) is 0.417. The van der Waals surface area contributed by atoms with Crippen molar-refractivity contribution in [1.82, 2.24) is 0 Å². The van der Waals surface area contributed by atoms with Gasteiger partial charge in [0.1, 0.15) is 18.2 Å². The van der Waals surface area contributed by atoms with E-state index >= 15 is 0 Å². The molecule has 0 aliphatic carbocycles. The van der Waals surface area contributed by atoms with Crippen molar-refractivity contribution >= 4 is 11.7 Å². The number of hydrogen-bond acceptors (Lipinski definition) is 4. The first-order valence-corrected chi connectivity index (χ1v) is 5.64. The van der Waals surface area contributed by atoms with Gasteiger partial charge in [-0.25, -0.2) is 9.18 Å². The largest absolute Gasteiger partial charge is 0.489 e. The number of nitrogen functional groups attached to an aromatic ring is 1. The van der Waals surface area contributed by atoms with E-state index < -0.39 is 17.3 Å². The molecule has 1 saturated heterocycles. The Morgan fingerprint density at radius 3 is 3.00 bits per heavy atom. The second-order valence-electron chi connectivity index (χ2n) is 4.12. The van der Waals surface area contributed by atoms with Crippen molar-refractivity contribution in [2.45, 2.75) is 18.9 Å². The summed E-state index contributed by atoms with van der Waals surface area (Å²) in [6, 6.07) is 2.05. The Balaban J connectivity index is 2.08. The highest BCUT2D eigenvalue weighted by Gasteiger charge is 2.18. The van der Waals surface area contributed by atoms with Crippen molar-refractivity contribution in [2.75, 3.05) is 18.9 Å². The second-order valence-corrected chi connectivity index (χ2v) is 4.12. The normalized spacial score (nSPS) is 18.8. The molecule has 1 aliphatic heterocycles. The van der Waals surface area contributed by atoms with Crippen LogP contribution >= 0.6 is 0 Å². The summed E-state index contributed by atoms with van der Waals surface area (Å²) in [7, 11) is 0. The van der Waals surface area contributed by atoms with E-state index in [1.54, 1.807) is 0 Å². The maximum absolute atomic E-state index is 13.4. The van der Waals surface area contributed by atoms with E-state index in [9.17, 15) is 9.18 Å². The number of carbonyl (C=O) groups is 1. The van der Waals surface area contributed by atoms with E-state index in [1.807, 2.05) is 0 Å². The molecule has 1 atom stereocenters. The molecule has 98 valence electrons. The SMILES string of the molecule is Nc1cc(C(=O)O)c(F)cc1OCC1CCCO1. The Morgan fingerprint density at radius 1 is 1.61 bits per heavy atom. The minimum atomic E-state index is -1.36. The van der Waals surface area contributed by atoms with Crippen molar-refractivity contribution < 1.29 is 23.8 Å². The first kappa shape index (κ1) is 12.6. The molecular weight excluding hydrogens is 241 g/mol. The van der Waals surface area contributed by atoms with Gasteiger partial charge in [0, 0.05) is 12.7 Å². The number of nitrogens with two attached hydrogens (primary N) is 1. The third-order valence-electron chi connectivity index (χ3n) is 2.78. The lowest BCUT2D eigenvalue weighted by Crippen LogP contribution is -2.17. The van der Waals surface area contributed by atoms with E-state index in [4.69, 9.17) is 20.3 Å². The molecule has 1 unspecified atom stereocenters. The number of carboxylic acid groups (broad SMARTS) is 1. The summed E-state index contributed by atoms with van der Waals surface area (Å²) in [5.74, 6) is -2.07. The maximum Gasteiger partial charge on any atom is 0.338 e. The van der Waals surface area contributed by atoms with Crippen LogP contribution in [0.2, 0.25) is 0 Å². The summed E-state index contributed by atoms with van der Waals surface area (Å²) in [6.07, 6.45) is 1.87. The molecule has 2 rings (SSSR count). The van der Waals surface area contributed by atoms with Crippen LogP contribution in [0.25, 0.3) is 0 Å². The van der Waals surface area contributed by atoms with Crippen molar-refractivity contribution in [3.8, 4) is 5.75 Å². The molecule has 0 spiro atoms. The molecule has 0 aromatic heterocycles. The van der Waals surface area contributed by atoms with Crippen LogP contribution in [0.5, 0.6) is 5.75 Å². The van der Waals surface area contributed by atoms with E-state index in [0.717, 1.165) is 25.0 Å². The Hall–Kier alpha value is -1.82. The molecule has 1 fully saturated rings. The van der Waals surface area contributed by atoms with Crippen LogP contribution in [0.4, 0.5) is 10.1 Å². The van der Waals surface area contributed by atoms with E-state index in [-0.39, 0.29) is 24.1 Å². The third-order valence-corrected chi connectivity index (χ3v) is 2.78. The summed E-state index contributed by atoms with van der Waals surface area (Å²) in [5, 5.41) is 8.73. The molecule has 5 nitrogen and oxygen atoms in total. The average Bonchev–Trinajstić information content (AvgIpc) is 2.82. The van der Waals surface area contributed by atoms with Crippen molar-refractivity contribution in [3.63, 3.8) is 0 Å². The van der Waals surface area contributed by atoms with E-state index in [0.29, 0.717) is 6.61 Å². The molecule has 0 radical (unpaired) electrons. The molecule has 0 amide bonds. The average molecular weight is 255 g/mol. The summed E-state index contributed by atoms with van der Waals surface area (Å²) in [6.45, 7) is 0.992. The van der Waals surface area contributed by atoms with Gasteiger partial charge in [0.25, 0.3) is 0 Å². The summed E-state index contributed by atoms with van der Waals surface area (Å²) >= 11 is 0. The number of halogens is 1. The lowest BCUT2D eigenvalue weighted by Gasteiger charge is -2.13. The van der Waals surface area contributed by atoms with E-state index in [1.165, 1.54) is 0 Å². The summed E-state index contributed by atoms with van der Waals surface area (Å²) < 4.78 is 24.1. The van der Waals surface area contributed by atoms with Crippen LogP contribution in [0.15, 0.2) is 12.1 Å². The smallest absolute Gasteiger partial charge is 0.338 e. The number of rotatable bonds is 4. The van der Waals surface area contributed by atoms with Crippen LogP contribution in [-0.2, 0) is 4.74 Å². The van der Waals surface area contributed by atoms with Gasteiger partial charge in [0.2, 0.25) is 0 Å². The predicted molar refractivity (Wildman–Crippen MR) is 62.2 cm³/mol. The number of carboxylic acids is 1. The number of benzene rings is 1. The van der Waals surface area contributed by atoms with Gasteiger partial charge in [0.05, 0.1) is 17.4 Å². The van der Waals surface area contributed by atoms with Crippen LogP contribution in [0, 0.1) is 5.82 Å². The summed E-state index contributed by atoms with van der Waals surface area (Å²) in [5.41, 5.74) is 5.26. The Bertz CT molecular complexity index is 458. The molecule has 3 N–H and O–H groups in total. The van der Waals surface area contributed by atoms with Gasteiger partial charge in [-0.05, 0) is 18.9 Å². The molecule has 0 saturated carbocycles. The van der Waals surface area contributed by atoms with Gasteiger partial charge in [-0.1, -0.05) is 0 Å². The molecular formula is C12H14FNO4. The van der Waals surface area contributed by atoms with Gasteiger partial charge in [-0.2, -0.15) is 0 Å². The van der Waals surface area contributed by atoms with Gasteiger partial charge in [0.15, 0.2) is 0 Å². The Kier molecular flexibility index (Phi) is 3.66. The number of hydrogen-bond donors (Lipinski definition) is 2. The zero-order valence-electron chi connectivity index (χ0n) is 9.69. The maximum atomic E-state index is 13.4. The molecule has 1 aromatic rings. The topological polar surface area (TPSA) is 81.8 Å². The minimum absolute atomic E-state index is 0.00777. The number of anilines is 1. The second kappa shape index (κ2) is 5.22. The van der Waals surface area contributed by atoms with Crippen LogP contribution in [0.1, 0.15) is 23.2 Å². The highest BCUT2D eigenvalue weighted by Crippen LogP contribution is 2.26.